The minimum atomic E-state index is -0.434. The molecule has 2 heterocycles. The third-order valence-electron chi connectivity index (χ3n) is 6.89. The van der Waals surface area contributed by atoms with Crippen molar-refractivity contribution >= 4 is 29.2 Å². The molecule has 1 aromatic heterocycles. The van der Waals surface area contributed by atoms with E-state index in [0.29, 0.717) is 31.1 Å². The highest BCUT2D eigenvalue weighted by Crippen LogP contribution is 2.45. The lowest BCUT2D eigenvalue weighted by Gasteiger charge is -2.27. The Balaban J connectivity index is 0.000000336. The number of allylic oxidation sites excluding steroid dienone is 1. The van der Waals surface area contributed by atoms with Crippen LogP contribution >= 0.6 is 11.3 Å². The van der Waals surface area contributed by atoms with Crippen LogP contribution in [-0.2, 0) is 14.3 Å². The number of hydrogen-bond donors (Lipinski definition) is 0. The summed E-state index contributed by atoms with van der Waals surface area (Å²) < 4.78 is 5.36. The van der Waals surface area contributed by atoms with Crippen LogP contribution in [0.3, 0.4) is 0 Å². The maximum atomic E-state index is 12.7. The maximum absolute atomic E-state index is 12.7. The first-order chi connectivity index (χ1) is 15.1. The topological polar surface area (TPSA) is 56.3 Å². The largest absolute Gasteiger partial charge is 0.466 e. The molecule has 0 aromatic carbocycles. The van der Waals surface area contributed by atoms with Gasteiger partial charge in [0.05, 0.1) is 17.3 Å². The highest BCUT2D eigenvalue weighted by molar-refractivity contribution is 7.09. The number of ether oxygens (including phenoxy) is 1. The van der Waals surface area contributed by atoms with Gasteiger partial charge in [-0.2, -0.15) is 0 Å². The van der Waals surface area contributed by atoms with Crippen LogP contribution < -0.4 is 0 Å². The van der Waals surface area contributed by atoms with Crippen LogP contribution in [0.4, 0.5) is 0 Å². The number of ketones is 1. The van der Waals surface area contributed by atoms with E-state index < -0.39 is 5.41 Å². The monoisotopic (exact) mass is 461 g/mol. The summed E-state index contributed by atoms with van der Waals surface area (Å²) in [6, 6.07) is 0. The molecule has 0 spiro atoms. The maximum Gasteiger partial charge on any atom is 0.305 e. The lowest BCUT2D eigenvalue weighted by atomic mass is 9.75. The van der Waals surface area contributed by atoms with E-state index in [1.165, 1.54) is 25.7 Å². The fraction of sp³-hybridized carbons (Fsp3) is 0.741. The molecule has 0 unspecified atom stereocenters. The average Bonchev–Trinajstić information content (AvgIpc) is 3.34. The molecule has 1 aromatic rings. The number of esters is 1. The summed E-state index contributed by atoms with van der Waals surface area (Å²) in [7, 11) is 0. The van der Waals surface area contributed by atoms with Crippen molar-refractivity contribution in [3.8, 4) is 0 Å². The molecule has 0 amide bonds. The quantitative estimate of drug-likeness (QED) is 0.413. The zero-order valence-electron chi connectivity index (χ0n) is 21.0. The van der Waals surface area contributed by atoms with Gasteiger partial charge in [-0.1, -0.05) is 53.0 Å². The first-order valence-corrected chi connectivity index (χ1v) is 13.2. The van der Waals surface area contributed by atoms with Gasteiger partial charge in [0.2, 0.25) is 0 Å². The van der Waals surface area contributed by atoms with Gasteiger partial charge in [0, 0.05) is 23.1 Å². The van der Waals surface area contributed by atoms with Crippen molar-refractivity contribution in [3.63, 3.8) is 0 Å². The van der Waals surface area contributed by atoms with Crippen molar-refractivity contribution < 1.29 is 14.3 Å². The number of carbonyl (C=O) groups is 2. The summed E-state index contributed by atoms with van der Waals surface area (Å²) in [6.45, 7) is 12.8. The van der Waals surface area contributed by atoms with E-state index in [9.17, 15) is 9.59 Å². The predicted octanol–water partition coefficient (Wildman–Crippen LogP) is 7.26. The van der Waals surface area contributed by atoms with Crippen LogP contribution in [0.5, 0.6) is 0 Å². The Hall–Kier alpha value is -1.49. The molecule has 1 saturated carbocycles. The van der Waals surface area contributed by atoms with Gasteiger partial charge in [0.25, 0.3) is 0 Å². The van der Waals surface area contributed by atoms with Crippen molar-refractivity contribution in [3.05, 3.63) is 22.2 Å². The van der Waals surface area contributed by atoms with Crippen molar-refractivity contribution in [2.75, 3.05) is 6.61 Å². The van der Waals surface area contributed by atoms with Crippen LogP contribution in [0.1, 0.15) is 96.7 Å². The second-order valence-corrected chi connectivity index (χ2v) is 11.5. The lowest BCUT2D eigenvalue weighted by Crippen LogP contribution is -2.31. The number of nitrogens with zero attached hydrogens (tertiary/aromatic N) is 1. The van der Waals surface area contributed by atoms with Gasteiger partial charge in [-0.15, -0.1) is 11.3 Å². The number of thiazole rings is 1. The number of fused-ring (bicyclic) bond motifs is 1. The van der Waals surface area contributed by atoms with Crippen LogP contribution in [-0.4, -0.2) is 23.3 Å². The van der Waals surface area contributed by atoms with Gasteiger partial charge >= 0.3 is 5.97 Å². The molecule has 1 aliphatic carbocycles. The minimum Gasteiger partial charge on any atom is -0.466 e. The number of cyclic esters (lactones) is 1. The number of hydrogen-bond acceptors (Lipinski definition) is 5. The molecule has 2 fully saturated rings. The van der Waals surface area contributed by atoms with Gasteiger partial charge in [-0.05, 0) is 63.4 Å². The molecular weight excluding hydrogens is 418 g/mol. The van der Waals surface area contributed by atoms with E-state index in [2.05, 4.69) is 24.2 Å². The zero-order valence-corrected chi connectivity index (χ0v) is 21.8. The Bertz CT molecular complexity index is 767. The molecule has 3 rings (SSSR count). The molecule has 1 aliphatic heterocycles. The van der Waals surface area contributed by atoms with Gasteiger partial charge < -0.3 is 4.74 Å². The molecule has 32 heavy (non-hydrogen) atoms. The summed E-state index contributed by atoms with van der Waals surface area (Å²) in [6.07, 6.45) is 12.1. The third-order valence-corrected chi connectivity index (χ3v) is 7.68. The van der Waals surface area contributed by atoms with Gasteiger partial charge in [-0.25, -0.2) is 4.98 Å². The Morgan fingerprint density at radius 3 is 2.50 bits per heavy atom. The van der Waals surface area contributed by atoms with Gasteiger partial charge in [0.15, 0.2) is 0 Å². The molecule has 4 atom stereocenters. The standard InChI is InChI=1S/C20H34O3.C7H9NS/c1-14-6-5-7-16-13-17(16)9-11-23-18(21)8-10-20(3,4)19(22)15(2)12-14;1-3-4-7-5-9-6(2)8-7/h14-17H,5-13H2,1-4H3;3-5H,1-2H3/b;4-3-/t14-,15+,16+,17-;/m0./s1. The molecule has 0 radical (unpaired) electrons. The first-order valence-electron chi connectivity index (χ1n) is 12.4. The van der Waals surface area contributed by atoms with E-state index in [-0.39, 0.29) is 11.9 Å². The summed E-state index contributed by atoms with van der Waals surface area (Å²) in [5.74, 6) is 2.48. The average molecular weight is 462 g/mol. The highest BCUT2D eigenvalue weighted by Gasteiger charge is 2.36. The Morgan fingerprint density at radius 2 is 1.84 bits per heavy atom. The highest BCUT2D eigenvalue weighted by atomic mass is 32.1. The second kappa shape index (κ2) is 12.7. The normalized spacial score (nSPS) is 29.6. The molecule has 5 heteroatoms. The molecular formula is C27H43NO3S. The van der Waals surface area contributed by atoms with Crippen molar-refractivity contribution in [2.45, 2.75) is 92.9 Å². The van der Waals surface area contributed by atoms with Crippen molar-refractivity contribution in [1.82, 2.24) is 4.98 Å². The first kappa shape index (κ1) is 26.8. The van der Waals surface area contributed by atoms with Crippen LogP contribution in [0.25, 0.3) is 6.08 Å². The third kappa shape index (κ3) is 9.17. The van der Waals surface area contributed by atoms with Crippen molar-refractivity contribution in [1.29, 1.82) is 0 Å². The van der Waals surface area contributed by atoms with E-state index >= 15 is 0 Å². The molecule has 1 saturated heterocycles. The van der Waals surface area contributed by atoms with Crippen LogP contribution in [0.15, 0.2) is 11.5 Å². The fourth-order valence-corrected chi connectivity index (χ4v) is 5.38. The second-order valence-electron chi connectivity index (χ2n) is 10.5. The molecule has 180 valence electrons. The van der Waals surface area contributed by atoms with E-state index in [0.717, 1.165) is 35.4 Å². The smallest absolute Gasteiger partial charge is 0.305 e. The molecule has 4 nitrogen and oxygen atoms in total. The van der Waals surface area contributed by atoms with Crippen molar-refractivity contribution in [2.24, 2.45) is 29.1 Å². The van der Waals surface area contributed by atoms with Gasteiger partial charge in [0.1, 0.15) is 5.78 Å². The predicted molar refractivity (Wildman–Crippen MR) is 134 cm³/mol. The minimum absolute atomic E-state index is 0.0811. The van der Waals surface area contributed by atoms with Crippen LogP contribution in [0.2, 0.25) is 0 Å². The fourth-order valence-electron chi connectivity index (χ4n) is 4.80. The Kier molecular flexibility index (Phi) is 10.6. The summed E-state index contributed by atoms with van der Waals surface area (Å²) in [5.41, 5.74) is 0.636. The van der Waals surface area contributed by atoms with Gasteiger partial charge in [-0.3, -0.25) is 9.59 Å². The van der Waals surface area contributed by atoms with E-state index in [4.69, 9.17) is 4.74 Å². The number of aromatic nitrogens is 1. The van der Waals surface area contributed by atoms with E-state index in [1.54, 1.807) is 11.3 Å². The summed E-state index contributed by atoms with van der Waals surface area (Å²) in [4.78, 5) is 28.8. The lowest BCUT2D eigenvalue weighted by molar-refractivity contribution is -0.145. The Morgan fingerprint density at radius 1 is 1.12 bits per heavy atom. The molecule has 2 aliphatic rings. The molecule has 0 N–H and O–H groups in total. The van der Waals surface area contributed by atoms with Crippen LogP contribution in [0, 0.1) is 36.0 Å². The Labute approximate surface area is 199 Å². The summed E-state index contributed by atoms with van der Waals surface area (Å²) in [5, 5.41) is 3.18. The zero-order chi connectivity index (χ0) is 23.7. The molecule has 0 bridgehead atoms. The number of Topliss-reactive ketones (excluding diaryl/α,β-unsaturated/α-hetero) is 1. The SMILES string of the molecule is C/C=C\c1csc(C)n1.C[C@H]1CCC[C@@H]2C[C@@H]2CCOC(=O)CCC(C)(C)C(=O)[C@H](C)C1. The number of rotatable bonds is 1. The van der Waals surface area contributed by atoms with E-state index in [1.807, 2.05) is 39.8 Å². The number of aryl methyl sites for hydroxylation is 1. The summed E-state index contributed by atoms with van der Waals surface area (Å²) >= 11 is 1.68. The number of carbonyl (C=O) groups excluding carboxylic acids is 2.